The van der Waals surface area contributed by atoms with Crippen LogP contribution in [0.15, 0.2) is 28.7 Å². The number of halogens is 1. The molecule has 2 atom stereocenters. The van der Waals surface area contributed by atoms with Crippen molar-refractivity contribution in [2.45, 2.75) is 12.2 Å². The quantitative estimate of drug-likeness (QED) is 0.571. The molecule has 1 heterocycles. The number of epoxide rings is 1. The summed E-state index contributed by atoms with van der Waals surface area (Å²) in [5.74, 6) is 0. The second-order valence-electron chi connectivity index (χ2n) is 2.71. The summed E-state index contributed by atoms with van der Waals surface area (Å²) in [5.41, 5.74) is 1.07. The third-order valence-electron chi connectivity index (χ3n) is 1.86. The topological polar surface area (TPSA) is 29.6 Å². The molecule has 1 aliphatic heterocycles. The van der Waals surface area contributed by atoms with E-state index < -0.39 is 0 Å². The maximum Gasteiger partial charge on any atom is 0.151 e. The Kier molecular flexibility index (Phi) is 1.98. The van der Waals surface area contributed by atoms with Crippen molar-refractivity contribution in [3.63, 3.8) is 0 Å². The van der Waals surface area contributed by atoms with Crippen LogP contribution in [0.4, 0.5) is 0 Å². The van der Waals surface area contributed by atoms with Gasteiger partial charge in [0.1, 0.15) is 12.2 Å². The Hall–Kier alpha value is -0.670. The molecule has 0 bridgehead atoms. The number of rotatable bonds is 2. The molecule has 0 N–H and O–H groups in total. The van der Waals surface area contributed by atoms with Gasteiger partial charge in [0.05, 0.1) is 0 Å². The standard InChI is InChI=1S/C9H7BrO2/c10-7-3-1-6(2-4-7)9-8(5-11)12-9/h1-5,8-9H/t8-,9-/m0/s1. The molecule has 3 heteroatoms. The molecule has 1 aliphatic rings. The monoisotopic (exact) mass is 226 g/mol. The predicted molar refractivity (Wildman–Crippen MR) is 47.8 cm³/mol. The van der Waals surface area contributed by atoms with Crippen LogP contribution >= 0.6 is 15.9 Å². The highest BCUT2D eigenvalue weighted by Gasteiger charge is 2.39. The fourth-order valence-corrected chi connectivity index (χ4v) is 1.41. The number of carbonyl (C=O) groups excluding carboxylic acids is 1. The van der Waals surface area contributed by atoms with Gasteiger partial charge in [0.15, 0.2) is 6.29 Å². The molecule has 2 nitrogen and oxygen atoms in total. The van der Waals surface area contributed by atoms with Crippen LogP contribution in [0.3, 0.4) is 0 Å². The SMILES string of the molecule is O=C[C@@H]1O[C@H]1c1ccc(Br)cc1. The van der Waals surface area contributed by atoms with Gasteiger partial charge in [-0.15, -0.1) is 0 Å². The van der Waals surface area contributed by atoms with Crippen LogP contribution in [-0.2, 0) is 9.53 Å². The van der Waals surface area contributed by atoms with E-state index in [-0.39, 0.29) is 12.2 Å². The van der Waals surface area contributed by atoms with E-state index in [2.05, 4.69) is 15.9 Å². The predicted octanol–water partition coefficient (Wildman–Crippen LogP) is 2.09. The third-order valence-corrected chi connectivity index (χ3v) is 2.39. The average Bonchev–Trinajstić information content (AvgIpc) is 2.85. The van der Waals surface area contributed by atoms with Gasteiger partial charge in [0.25, 0.3) is 0 Å². The average molecular weight is 227 g/mol. The molecule has 0 radical (unpaired) electrons. The van der Waals surface area contributed by atoms with E-state index in [1.807, 2.05) is 24.3 Å². The van der Waals surface area contributed by atoms with Crippen molar-refractivity contribution >= 4 is 22.2 Å². The maximum absolute atomic E-state index is 10.3. The van der Waals surface area contributed by atoms with Crippen LogP contribution in [0.2, 0.25) is 0 Å². The molecule has 2 rings (SSSR count). The number of benzene rings is 1. The number of carbonyl (C=O) groups is 1. The summed E-state index contributed by atoms with van der Waals surface area (Å²) in [4.78, 5) is 10.3. The van der Waals surface area contributed by atoms with Crippen molar-refractivity contribution in [1.82, 2.24) is 0 Å². The molecular weight excluding hydrogens is 220 g/mol. The van der Waals surface area contributed by atoms with Gasteiger partial charge in [-0.3, -0.25) is 0 Å². The highest BCUT2D eigenvalue weighted by atomic mass is 79.9. The lowest BCUT2D eigenvalue weighted by molar-refractivity contribution is -0.108. The van der Waals surface area contributed by atoms with E-state index in [1.54, 1.807) is 0 Å². The summed E-state index contributed by atoms with van der Waals surface area (Å²) in [6, 6.07) is 7.80. The van der Waals surface area contributed by atoms with Crippen LogP contribution in [0.25, 0.3) is 0 Å². The first kappa shape index (κ1) is 7.95. The summed E-state index contributed by atoms with van der Waals surface area (Å²) in [6.45, 7) is 0. The van der Waals surface area contributed by atoms with E-state index in [4.69, 9.17) is 4.74 Å². The van der Waals surface area contributed by atoms with Crippen molar-refractivity contribution in [3.8, 4) is 0 Å². The van der Waals surface area contributed by atoms with Crippen molar-refractivity contribution < 1.29 is 9.53 Å². The second-order valence-corrected chi connectivity index (χ2v) is 3.62. The Morgan fingerprint density at radius 3 is 2.50 bits per heavy atom. The van der Waals surface area contributed by atoms with Gasteiger partial charge in [0.2, 0.25) is 0 Å². The molecule has 0 aromatic heterocycles. The molecule has 0 unspecified atom stereocenters. The van der Waals surface area contributed by atoms with E-state index in [0.29, 0.717) is 0 Å². The van der Waals surface area contributed by atoms with Crippen LogP contribution in [0, 0.1) is 0 Å². The zero-order valence-corrected chi connectivity index (χ0v) is 7.82. The molecule has 0 aliphatic carbocycles. The van der Waals surface area contributed by atoms with Gasteiger partial charge >= 0.3 is 0 Å². The molecule has 1 fully saturated rings. The molecule has 12 heavy (non-hydrogen) atoms. The summed E-state index contributed by atoms with van der Waals surface area (Å²) >= 11 is 3.34. The van der Waals surface area contributed by atoms with E-state index in [0.717, 1.165) is 16.3 Å². The van der Waals surface area contributed by atoms with Crippen LogP contribution in [0.1, 0.15) is 11.7 Å². The minimum atomic E-state index is -0.217. The maximum atomic E-state index is 10.3. The van der Waals surface area contributed by atoms with Crippen molar-refractivity contribution in [2.24, 2.45) is 0 Å². The first-order valence-corrected chi connectivity index (χ1v) is 4.47. The van der Waals surface area contributed by atoms with E-state index >= 15 is 0 Å². The van der Waals surface area contributed by atoms with Crippen molar-refractivity contribution in [2.75, 3.05) is 0 Å². The molecule has 0 amide bonds. The van der Waals surface area contributed by atoms with Crippen LogP contribution in [-0.4, -0.2) is 12.4 Å². The van der Waals surface area contributed by atoms with Gasteiger partial charge in [-0.05, 0) is 17.7 Å². The first-order valence-electron chi connectivity index (χ1n) is 3.67. The van der Waals surface area contributed by atoms with E-state index in [1.165, 1.54) is 0 Å². The zero-order chi connectivity index (χ0) is 8.55. The minimum Gasteiger partial charge on any atom is -0.357 e. The summed E-state index contributed by atoms with van der Waals surface area (Å²) in [7, 11) is 0. The Balaban J connectivity index is 2.15. The van der Waals surface area contributed by atoms with Gasteiger partial charge < -0.3 is 9.53 Å². The minimum absolute atomic E-state index is 0.00407. The Morgan fingerprint density at radius 1 is 1.33 bits per heavy atom. The smallest absolute Gasteiger partial charge is 0.151 e. The molecule has 1 saturated heterocycles. The fraction of sp³-hybridized carbons (Fsp3) is 0.222. The normalized spacial score (nSPS) is 26.8. The van der Waals surface area contributed by atoms with Crippen molar-refractivity contribution in [1.29, 1.82) is 0 Å². The van der Waals surface area contributed by atoms with Crippen LogP contribution in [0.5, 0.6) is 0 Å². The first-order chi connectivity index (χ1) is 5.81. The number of ether oxygens (including phenoxy) is 1. The van der Waals surface area contributed by atoms with Crippen LogP contribution < -0.4 is 0 Å². The lowest BCUT2D eigenvalue weighted by Gasteiger charge is -1.93. The van der Waals surface area contributed by atoms with E-state index in [9.17, 15) is 4.79 Å². The highest BCUT2D eigenvalue weighted by molar-refractivity contribution is 9.10. The molecule has 1 aromatic rings. The van der Waals surface area contributed by atoms with Gasteiger partial charge in [-0.2, -0.15) is 0 Å². The number of aldehydes is 1. The molecule has 0 saturated carbocycles. The zero-order valence-electron chi connectivity index (χ0n) is 6.24. The number of hydrogen-bond acceptors (Lipinski definition) is 2. The van der Waals surface area contributed by atoms with Gasteiger partial charge in [-0.1, -0.05) is 28.1 Å². The molecule has 62 valence electrons. The van der Waals surface area contributed by atoms with Crippen molar-refractivity contribution in [3.05, 3.63) is 34.3 Å². The number of hydrogen-bond donors (Lipinski definition) is 0. The largest absolute Gasteiger partial charge is 0.357 e. The molecular formula is C9H7BrO2. The summed E-state index contributed by atoms with van der Waals surface area (Å²) in [5, 5.41) is 0. The highest BCUT2D eigenvalue weighted by Crippen LogP contribution is 2.37. The van der Waals surface area contributed by atoms with Gasteiger partial charge in [0, 0.05) is 4.47 Å². The fourth-order valence-electron chi connectivity index (χ4n) is 1.15. The lowest BCUT2D eigenvalue weighted by atomic mass is 10.1. The molecule has 1 aromatic carbocycles. The summed E-state index contributed by atoms with van der Waals surface area (Å²) in [6.07, 6.45) is 0.619. The van der Waals surface area contributed by atoms with Gasteiger partial charge in [-0.25, -0.2) is 0 Å². The third kappa shape index (κ3) is 1.42. The molecule has 0 spiro atoms. The Bertz CT molecular complexity index is 294. The Labute approximate surface area is 78.7 Å². The summed E-state index contributed by atoms with van der Waals surface area (Å²) < 4.78 is 6.15. The lowest BCUT2D eigenvalue weighted by Crippen LogP contribution is -1.88. The Morgan fingerprint density at radius 2 is 2.00 bits per heavy atom. The second kappa shape index (κ2) is 2.99.